The second-order valence-electron chi connectivity index (χ2n) is 6.56. The highest BCUT2D eigenvalue weighted by Gasteiger charge is 2.05. The fourth-order valence-electron chi connectivity index (χ4n) is 2.71. The van der Waals surface area contributed by atoms with Crippen LogP contribution < -0.4 is 4.74 Å². The highest BCUT2D eigenvalue weighted by Crippen LogP contribution is 2.28. The molecule has 2 rings (SSSR count). The molecule has 150 valence electrons. The van der Waals surface area contributed by atoms with E-state index in [4.69, 9.17) is 24.0 Å². The molecule has 0 bridgehead atoms. The molecule has 2 aromatic rings. The van der Waals surface area contributed by atoms with Gasteiger partial charge in [0.25, 0.3) is 0 Å². The third-order valence-electron chi connectivity index (χ3n) is 3.99. The molecular weight excluding hydrogens is 363 g/mol. The number of hydrogen-bond donors (Lipinski definition) is 3. The Kier molecular flexibility index (Phi) is 11.0. The largest absolute Gasteiger partial charge is 0.466 e. The van der Waals surface area contributed by atoms with Crippen molar-refractivity contribution in [1.82, 2.24) is 0 Å². The average Bonchev–Trinajstić information content (AvgIpc) is 2.59. The number of ether oxygens (including phenoxy) is 1. The summed E-state index contributed by atoms with van der Waals surface area (Å²) < 4.78 is 14.9. The molecule has 0 unspecified atom stereocenters. The maximum atomic E-state index is 8.88. The lowest BCUT2D eigenvalue weighted by Gasteiger charge is -2.12. The normalized spacial score (nSPS) is 10.9. The van der Waals surface area contributed by atoms with Gasteiger partial charge in [-0.15, -0.1) is 0 Å². The SMILES string of the molecule is CCCCCCCCc1cc(C)ccc1Oc1ccccc1.O=P(O)(O)O. The molecule has 6 heteroatoms. The summed E-state index contributed by atoms with van der Waals surface area (Å²) in [6.07, 6.45) is 9.08. The number of para-hydroxylation sites is 1. The Morgan fingerprint density at radius 1 is 0.889 bits per heavy atom. The van der Waals surface area contributed by atoms with Gasteiger partial charge >= 0.3 is 7.82 Å². The molecular formula is C21H31O5P. The standard InChI is InChI=1S/C21H28O.H3O4P/c1-3-4-5-6-7-9-12-19-17-18(2)15-16-21(19)22-20-13-10-8-11-14-20;1-5(2,3)4/h8,10-11,13-17H,3-7,9,12H2,1-2H3;(H3,1,2,3,4). The van der Waals surface area contributed by atoms with E-state index >= 15 is 0 Å². The zero-order valence-electron chi connectivity index (χ0n) is 16.2. The minimum Gasteiger partial charge on any atom is -0.457 e. The van der Waals surface area contributed by atoms with E-state index in [1.165, 1.54) is 49.7 Å². The minimum atomic E-state index is -4.64. The molecule has 0 spiro atoms. The van der Waals surface area contributed by atoms with Crippen LogP contribution in [0.2, 0.25) is 0 Å². The van der Waals surface area contributed by atoms with Crippen molar-refractivity contribution in [3.05, 3.63) is 59.7 Å². The number of rotatable bonds is 9. The Balaban J connectivity index is 0.000000646. The molecule has 0 heterocycles. The van der Waals surface area contributed by atoms with Crippen LogP contribution in [-0.4, -0.2) is 14.7 Å². The van der Waals surface area contributed by atoms with Gasteiger partial charge in [0, 0.05) is 0 Å². The Morgan fingerprint density at radius 3 is 2.11 bits per heavy atom. The first-order valence-electron chi connectivity index (χ1n) is 9.40. The van der Waals surface area contributed by atoms with E-state index in [0.717, 1.165) is 17.9 Å². The summed E-state index contributed by atoms with van der Waals surface area (Å²) in [7, 11) is -4.64. The van der Waals surface area contributed by atoms with Crippen molar-refractivity contribution in [2.24, 2.45) is 0 Å². The zero-order valence-corrected chi connectivity index (χ0v) is 17.1. The summed E-state index contributed by atoms with van der Waals surface area (Å²) in [6.45, 7) is 4.41. The van der Waals surface area contributed by atoms with Crippen molar-refractivity contribution in [1.29, 1.82) is 0 Å². The molecule has 0 fully saturated rings. The quantitative estimate of drug-likeness (QED) is 0.372. The Labute approximate surface area is 162 Å². The summed E-state index contributed by atoms with van der Waals surface area (Å²) in [5.41, 5.74) is 2.64. The van der Waals surface area contributed by atoms with Gasteiger partial charge in [0.1, 0.15) is 11.5 Å². The fraction of sp³-hybridized carbons (Fsp3) is 0.429. The molecule has 0 aliphatic heterocycles. The average molecular weight is 394 g/mol. The van der Waals surface area contributed by atoms with Crippen LogP contribution in [-0.2, 0) is 11.0 Å². The van der Waals surface area contributed by atoms with Crippen LogP contribution in [0, 0.1) is 6.92 Å². The van der Waals surface area contributed by atoms with Crippen LogP contribution in [0.25, 0.3) is 0 Å². The highest BCUT2D eigenvalue weighted by atomic mass is 31.2. The molecule has 0 aliphatic carbocycles. The van der Waals surface area contributed by atoms with Crippen molar-refractivity contribution in [3.63, 3.8) is 0 Å². The van der Waals surface area contributed by atoms with Crippen molar-refractivity contribution in [3.8, 4) is 11.5 Å². The predicted molar refractivity (Wildman–Crippen MR) is 109 cm³/mol. The van der Waals surface area contributed by atoms with Gasteiger partial charge in [0.15, 0.2) is 0 Å². The topological polar surface area (TPSA) is 87.0 Å². The lowest BCUT2D eigenvalue weighted by molar-refractivity contribution is 0.275. The van der Waals surface area contributed by atoms with Gasteiger partial charge in [-0.1, -0.05) is 74.9 Å². The number of benzene rings is 2. The molecule has 0 saturated carbocycles. The van der Waals surface area contributed by atoms with Crippen molar-refractivity contribution in [2.45, 2.75) is 58.8 Å². The van der Waals surface area contributed by atoms with Crippen LogP contribution >= 0.6 is 7.82 Å². The van der Waals surface area contributed by atoms with Gasteiger partial charge in [0.2, 0.25) is 0 Å². The molecule has 0 aliphatic rings. The van der Waals surface area contributed by atoms with Crippen molar-refractivity contribution in [2.75, 3.05) is 0 Å². The van der Waals surface area contributed by atoms with Crippen LogP contribution in [0.5, 0.6) is 11.5 Å². The second-order valence-corrected chi connectivity index (χ2v) is 7.58. The van der Waals surface area contributed by atoms with E-state index in [-0.39, 0.29) is 0 Å². The molecule has 0 amide bonds. The van der Waals surface area contributed by atoms with E-state index in [1.54, 1.807) is 0 Å². The van der Waals surface area contributed by atoms with Crippen LogP contribution in [0.3, 0.4) is 0 Å². The zero-order chi connectivity index (χ0) is 20.1. The van der Waals surface area contributed by atoms with Gasteiger partial charge in [0.05, 0.1) is 0 Å². The van der Waals surface area contributed by atoms with Crippen LogP contribution in [0.15, 0.2) is 48.5 Å². The van der Waals surface area contributed by atoms with Gasteiger partial charge in [-0.25, -0.2) is 4.57 Å². The first-order valence-corrected chi connectivity index (χ1v) is 11.0. The van der Waals surface area contributed by atoms with Gasteiger partial charge < -0.3 is 19.4 Å². The Morgan fingerprint density at radius 2 is 1.48 bits per heavy atom. The molecule has 2 aromatic carbocycles. The Hall–Kier alpha value is -1.65. The van der Waals surface area contributed by atoms with Gasteiger partial charge in [-0.05, 0) is 43.5 Å². The summed E-state index contributed by atoms with van der Waals surface area (Å²) in [6, 6.07) is 16.6. The molecule has 0 radical (unpaired) electrons. The third-order valence-corrected chi connectivity index (χ3v) is 3.99. The third kappa shape index (κ3) is 12.4. The van der Waals surface area contributed by atoms with E-state index in [0.29, 0.717) is 0 Å². The van der Waals surface area contributed by atoms with Crippen molar-refractivity contribution >= 4 is 7.82 Å². The molecule has 3 N–H and O–H groups in total. The van der Waals surface area contributed by atoms with Crippen LogP contribution in [0.4, 0.5) is 0 Å². The molecule has 0 aromatic heterocycles. The number of unbranched alkanes of at least 4 members (excludes halogenated alkanes) is 5. The molecule has 5 nitrogen and oxygen atoms in total. The van der Waals surface area contributed by atoms with E-state index in [1.807, 2.05) is 30.3 Å². The first-order chi connectivity index (χ1) is 12.8. The van der Waals surface area contributed by atoms with E-state index in [2.05, 4.69) is 32.0 Å². The van der Waals surface area contributed by atoms with E-state index in [9.17, 15) is 0 Å². The highest BCUT2D eigenvalue weighted by molar-refractivity contribution is 7.45. The smallest absolute Gasteiger partial charge is 0.457 e. The van der Waals surface area contributed by atoms with Gasteiger partial charge in [-0.3, -0.25) is 0 Å². The Bertz CT molecular complexity index is 689. The van der Waals surface area contributed by atoms with Crippen LogP contribution in [0.1, 0.15) is 56.6 Å². The number of phosphoric acid groups is 1. The lowest BCUT2D eigenvalue weighted by atomic mass is 10.0. The lowest BCUT2D eigenvalue weighted by Crippen LogP contribution is -1.94. The molecule has 27 heavy (non-hydrogen) atoms. The number of hydrogen-bond acceptors (Lipinski definition) is 2. The summed E-state index contributed by atoms with van der Waals surface area (Å²) in [4.78, 5) is 21.6. The van der Waals surface area contributed by atoms with Gasteiger partial charge in [-0.2, -0.15) is 0 Å². The predicted octanol–water partition coefficient (Wildman–Crippen LogP) is 5.76. The second kappa shape index (κ2) is 12.7. The summed E-state index contributed by atoms with van der Waals surface area (Å²) in [5.74, 6) is 1.92. The maximum Gasteiger partial charge on any atom is 0.466 e. The number of aryl methyl sites for hydroxylation is 2. The fourth-order valence-corrected chi connectivity index (χ4v) is 2.71. The monoisotopic (exact) mass is 394 g/mol. The summed E-state index contributed by atoms with van der Waals surface area (Å²) >= 11 is 0. The van der Waals surface area contributed by atoms with E-state index < -0.39 is 7.82 Å². The maximum absolute atomic E-state index is 8.88. The van der Waals surface area contributed by atoms with Crippen molar-refractivity contribution < 1.29 is 24.0 Å². The molecule has 0 saturated heterocycles. The summed E-state index contributed by atoms with van der Waals surface area (Å²) in [5, 5.41) is 0. The first kappa shape index (κ1) is 23.4. The minimum absolute atomic E-state index is 0.913. The molecule has 0 atom stereocenters.